The van der Waals surface area contributed by atoms with Crippen molar-refractivity contribution in [3.05, 3.63) is 35.9 Å². The van der Waals surface area contributed by atoms with Crippen LogP contribution >= 0.6 is 0 Å². The molecular weight excluding hydrogens is 402 g/mol. The lowest BCUT2D eigenvalue weighted by Crippen LogP contribution is -2.51. The molecule has 0 radical (unpaired) electrons. The van der Waals surface area contributed by atoms with Crippen LogP contribution in [0.5, 0.6) is 0 Å². The van der Waals surface area contributed by atoms with Crippen molar-refractivity contribution in [3.63, 3.8) is 0 Å². The summed E-state index contributed by atoms with van der Waals surface area (Å²) in [6.45, 7) is 4.70. The lowest BCUT2D eigenvalue weighted by molar-refractivity contribution is -0.142. The molecule has 0 saturated carbocycles. The number of aliphatic carboxylic acids is 1. The summed E-state index contributed by atoms with van der Waals surface area (Å²) in [5.74, 6) is -1.17. The zero-order valence-corrected chi connectivity index (χ0v) is 17.7. The zero-order valence-electron chi connectivity index (χ0n) is 17.7. The minimum absolute atomic E-state index is 0.154. The van der Waals surface area contributed by atoms with Gasteiger partial charge in [-0.3, -0.25) is 14.6 Å². The first-order chi connectivity index (χ1) is 14.7. The van der Waals surface area contributed by atoms with Gasteiger partial charge in [-0.05, 0) is 39.2 Å². The number of aromatic nitrogens is 4. The van der Waals surface area contributed by atoms with E-state index >= 15 is 0 Å². The van der Waals surface area contributed by atoms with Crippen molar-refractivity contribution in [2.75, 3.05) is 19.7 Å². The summed E-state index contributed by atoms with van der Waals surface area (Å²) in [6, 6.07) is 1.63. The molecule has 0 aromatic carbocycles. The Bertz CT molecular complexity index is 980. The largest absolute Gasteiger partial charge is 0.481 e. The fraction of sp³-hybridized carbons (Fsp3) is 0.571. The maximum Gasteiger partial charge on any atom is 0.315 e. The van der Waals surface area contributed by atoms with Crippen LogP contribution < -0.4 is 0 Å². The molecule has 10 nitrogen and oxygen atoms in total. The van der Waals surface area contributed by atoms with E-state index in [-0.39, 0.29) is 23.3 Å². The molecule has 2 saturated heterocycles. The molecule has 4 heterocycles. The molecule has 1 amide bonds. The Hall–Kier alpha value is -2.85. The second-order valence-electron chi connectivity index (χ2n) is 8.84. The Morgan fingerprint density at radius 1 is 1.29 bits per heavy atom. The highest BCUT2D eigenvalue weighted by molar-refractivity contribution is 5.97. The zero-order chi connectivity index (χ0) is 22.2. The normalized spacial score (nSPS) is 21.3. The van der Waals surface area contributed by atoms with Gasteiger partial charge in [-0.25, -0.2) is 4.68 Å². The highest BCUT2D eigenvalue weighted by atomic mass is 16.5. The van der Waals surface area contributed by atoms with E-state index in [4.69, 9.17) is 4.74 Å². The SMILES string of the molecule is CC(C)(C(=O)O)c1cn(-c2cnccc2C(=O)N2CCC3(CC2)CC(O)CCO3)nn1. The summed E-state index contributed by atoms with van der Waals surface area (Å²) in [4.78, 5) is 30.7. The number of carboxylic acid groups (broad SMARTS) is 1. The number of aliphatic hydroxyl groups excluding tert-OH is 1. The molecule has 2 N–H and O–H groups in total. The van der Waals surface area contributed by atoms with Crippen LogP contribution in [0.25, 0.3) is 5.69 Å². The quantitative estimate of drug-likeness (QED) is 0.741. The average Bonchev–Trinajstić information content (AvgIpc) is 3.25. The Labute approximate surface area is 179 Å². The van der Waals surface area contributed by atoms with Crippen LogP contribution in [0.2, 0.25) is 0 Å². The molecule has 2 aliphatic heterocycles. The molecule has 1 unspecified atom stereocenters. The van der Waals surface area contributed by atoms with Gasteiger partial charge in [0.05, 0.1) is 41.0 Å². The van der Waals surface area contributed by atoms with Gasteiger partial charge in [0.15, 0.2) is 0 Å². The highest BCUT2D eigenvalue weighted by Crippen LogP contribution is 2.35. The number of carbonyl (C=O) groups excluding carboxylic acids is 1. The standard InChI is InChI=1S/C21H27N5O5/c1-20(2,19(29)30)17-13-26(24-23-17)16-12-22-7-3-15(16)18(28)25-8-5-21(6-9-25)11-14(27)4-10-31-21/h3,7,12-14,27H,4-6,8-11H2,1-2H3,(H,29,30). The summed E-state index contributed by atoms with van der Waals surface area (Å²) >= 11 is 0. The predicted molar refractivity (Wildman–Crippen MR) is 109 cm³/mol. The number of piperidine rings is 1. The van der Waals surface area contributed by atoms with E-state index in [1.165, 1.54) is 17.1 Å². The smallest absolute Gasteiger partial charge is 0.315 e. The number of carboxylic acids is 1. The molecule has 1 atom stereocenters. The number of ether oxygens (including phenoxy) is 1. The summed E-state index contributed by atoms with van der Waals surface area (Å²) in [6.07, 6.45) is 6.85. The first-order valence-electron chi connectivity index (χ1n) is 10.4. The van der Waals surface area contributed by atoms with E-state index in [2.05, 4.69) is 15.3 Å². The van der Waals surface area contributed by atoms with Gasteiger partial charge in [-0.2, -0.15) is 0 Å². The molecule has 2 aromatic heterocycles. The monoisotopic (exact) mass is 429 g/mol. The molecular formula is C21H27N5O5. The number of likely N-dealkylation sites (tertiary alicyclic amines) is 1. The topological polar surface area (TPSA) is 131 Å². The van der Waals surface area contributed by atoms with Crippen molar-refractivity contribution in [2.45, 2.75) is 56.7 Å². The number of rotatable bonds is 4. The third-order valence-corrected chi connectivity index (χ3v) is 6.37. The van der Waals surface area contributed by atoms with E-state index in [9.17, 15) is 19.8 Å². The molecule has 2 aromatic rings. The molecule has 0 bridgehead atoms. The summed E-state index contributed by atoms with van der Waals surface area (Å²) in [7, 11) is 0. The average molecular weight is 429 g/mol. The lowest BCUT2D eigenvalue weighted by atomic mass is 9.83. The highest BCUT2D eigenvalue weighted by Gasteiger charge is 2.41. The second kappa shape index (κ2) is 8.01. The molecule has 1 spiro atoms. The van der Waals surface area contributed by atoms with E-state index in [1.807, 2.05) is 0 Å². The first kappa shape index (κ1) is 21.4. The Morgan fingerprint density at radius 3 is 2.71 bits per heavy atom. The Balaban J connectivity index is 1.54. The van der Waals surface area contributed by atoms with Crippen molar-refractivity contribution in [1.29, 1.82) is 0 Å². The molecule has 31 heavy (non-hydrogen) atoms. The maximum absolute atomic E-state index is 13.3. The number of hydrogen-bond acceptors (Lipinski definition) is 7. The van der Waals surface area contributed by atoms with Gasteiger partial charge >= 0.3 is 5.97 Å². The third kappa shape index (κ3) is 4.05. The summed E-state index contributed by atoms with van der Waals surface area (Å²) < 4.78 is 7.37. The fourth-order valence-electron chi connectivity index (χ4n) is 4.17. The number of hydrogen-bond donors (Lipinski definition) is 2. The molecule has 166 valence electrons. The van der Waals surface area contributed by atoms with E-state index in [0.29, 0.717) is 56.6 Å². The number of amides is 1. The van der Waals surface area contributed by atoms with Gasteiger partial charge < -0.3 is 19.8 Å². The van der Waals surface area contributed by atoms with E-state index in [1.54, 1.807) is 31.0 Å². The van der Waals surface area contributed by atoms with Gasteiger partial charge in [-0.15, -0.1) is 5.10 Å². The number of carbonyl (C=O) groups is 2. The van der Waals surface area contributed by atoms with Gasteiger partial charge in [0.2, 0.25) is 0 Å². The molecule has 2 aliphatic rings. The Morgan fingerprint density at radius 2 is 2.03 bits per heavy atom. The van der Waals surface area contributed by atoms with Crippen molar-refractivity contribution < 1.29 is 24.5 Å². The Kier molecular flexibility index (Phi) is 5.52. The van der Waals surface area contributed by atoms with Crippen molar-refractivity contribution in [1.82, 2.24) is 24.9 Å². The van der Waals surface area contributed by atoms with Crippen LogP contribution in [0.1, 0.15) is 55.6 Å². The van der Waals surface area contributed by atoms with E-state index in [0.717, 1.165) is 0 Å². The van der Waals surface area contributed by atoms with Gasteiger partial charge in [0.1, 0.15) is 5.41 Å². The van der Waals surface area contributed by atoms with Crippen LogP contribution in [0.3, 0.4) is 0 Å². The minimum atomic E-state index is -1.21. The van der Waals surface area contributed by atoms with Gasteiger partial charge in [-0.1, -0.05) is 5.21 Å². The lowest BCUT2D eigenvalue weighted by Gasteiger charge is -2.45. The summed E-state index contributed by atoms with van der Waals surface area (Å²) in [5, 5.41) is 27.5. The van der Waals surface area contributed by atoms with Crippen LogP contribution in [0.4, 0.5) is 0 Å². The van der Waals surface area contributed by atoms with Crippen LogP contribution in [0, 0.1) is 0 Å². The van der Waals surface area contributed by atoms with Crippen LogP contribution in [-0.2, 0) is 14.9 Å². The van der Waals surface area contributed by atoms with Crippen molar-refractivity contribution in [2.24, 2.45) is 0 Å². The fourth-order valence-corrected chi connectivity index (χ4v) is 4.17. The number of aliphatic hydroxyl groups is 1. The number of pyridine rings is 1. The second-order valence-corrected chi connectivity index (χ2v) is 8.84. The molecule has 0 aliphatic carbocycles. The van der Waals surface area contributed by atoms with Crippen molar-refractivity contribution >= 4 is 11.9 Å². The van der Waals surface area contributed by atoms with E-state index < -0.39 is 11.4 Å². The third-order valence-electron chi connectivity index (χ3n) is 6.37. The van der Waals surface area contributed by atoms with Crippen LogP contribution in [-0.4, -0.2) is 78.4 Å². The van der Waals surface area contributed by atoms with Gasteiger partial charge in [0, 0.05) is 32.3 Å². The molecule has 10 heteroatoms. The van der Waals surface area contributed by atoms with Crippen LogP contribution in [0.15, 0.2) is 24.7 Å². The maximum atomic E-state index is 13.3. The minimum Gasteiger partial charge on any atom is -0.481 e. The first-order valence-corrected chi connectivity index (χ1v) is 10.4. The summed E-state index contributed by atoms with van der Waals surface area (Å²) in [5.41, 5.74) is -0.415. The predicted octanol–water partition coefficient (Wildman–Crippen LogP) is 1.17. The van der Waals surface area contributed by atoms with Crippen molar-refractivity contribution in [3.8, 4) is 5.69 Å². The number of nitrogens with zero attached hydrogens (tertiary/aromatic N) is 5. The molecule has 4 rings (SSSR count). The van der Waals surface area contributed by atoms with Gasteiger partial charge in [0.25, 0.3) is 5.91 Å². The molecule has 2 fully saturated rings.